The van der Waals surface area contributed by atoms with Crippen LogP contribution < -0.4 is 10.6 Å². The van der Waals surface area contributed by atoms with Crippen molar-refractivity contribution < 1.29 is 4.79 Å². The number of amides is 1. The van der Waals surface area contributed by atoms with Crippen LogP contribution in [-0.2, 0) is 10.5 Å². The number of allylic oxidation sites excluding steroid dienone is 2. The zero-order valence-corrected chi connectivity index (χ0v) is 19.5. The molecule has 2 N–H and O–H groups in total. The molecule has 1 aromatic heterocycles. The molecule has 4 rings (SSSR count). The lowest BCUT2D eigenvalue weighted by Crippen LogP contribution is -2.30. The first-order chi connectivity index (χ1) is 16.1. The molecule has 1 unspecified atom stereocenters. The molecule has 33 heavy (non-hydrogen) atoms. The highest BCUT2D eigenvalue weighted by Gasteiger charge is 2.34. The molecule has 3 aromatic rings. The van der Waals surface area contributed by atoms with Gasteiger partial charge in [0.2, 0.25) is 0 Å². The Balaban J connectivity index is 1.69. The van der Waals surface area contributed by atoms with Gasteiger partial charge in [-0.25, -0.2) is 0 Å². The predicted octanol–water partition coefficient (Wildman–Crippen LogP) is 6.00. The Hall–Kier alpha value is -3.53. The molecular formula is C26H21ClN4OS. The van der Waals surface area contributed by atoms with Crippen molar-refractivity contribution in [2.24, 2.45) is 0 Å². The normalized spacial score (nSPS) is 15.6. The van der Waals surface area contributed by atoms with E-state index in [1.807, 2.05) is 37.3 Å². The Morgan fingerprint density at radius 1 is 1.12 bits per heavy atom. The average Bonchev–Trinajstić information content (AvgIpc) is 2.84. The summed E-state index contributed by atoms with van der Waals surface area (Å²) >= 11 is 7.52. The van der Waals surface area contributed by atoms with Gasteiger partial charge in [0.15, 0.2) is 0 Å². The van der Waals surface area contributed by atoms with Gasteiger partial charge in [-0.15, -0.1) is 11.8 Å². The SMILES string of the molecule is CC1=C(C(=O)Nc2ccc(Cl)cc2)C(c2ccncc2)C(C#N)=C(SCc2ccccc2)N1. The molecule has 0 saturated carbocycles. The molecule has 0 saturated heterocycles. The zero-order chi connectivity index (χ0) is 23.2. The number of nitriles is 1. The fourth-order valence-electron chi connectivity index (χ4n) is 3.68. The quantitative estimate of drug-likeness (QED) is 0.459. The molecule has 1 aliphatic rings. The van der Waals surface area contributed by atoms with Crippen LogP contribution in [0.4, 0.5) is 5.69 Å². The van der Waals surface area contributed by atoms with E-state index in [1.165, 1.54) is 0 Å². The molecule has 1 amide bonds. The molecule has 0 fully saturated rings. The highest BCUT2D eigenvalue weighted by atomic mass is 35.5. The van der Waals surface area contributed by atoms with Gasteiger partial charge in [0, 0.05) is 40.1 Å². The van der Waals surface area contributed by atoms with Crippen LogP contribution in [-0.4, -0.2) is 10.9 Å². The monoisotopic (exact) mass is 472 g/mol. The molecule has 7 heteroatoms. The van der Waals surface area contributed by atoms with Crippen LogP contribution in [0.15, 0.2) is 101 Å². The number of nitrogens with zero attached hydrogens (tertiary/aromatic N) is 2. The largest absolute Gasteiger partial charge is 0.353 e. The van der Waals surface area contributed by atoms with Crippen molar-refractivity contribution in [2.75, 3.05) is 5.32 Å². The van der Waals surface area contributed by atoms with E-state index in [9.17, 15) is 10.1 Å². The maximum absolute atomic E-state index is 13.4. The Kier molecular flexibility index (Phi) is 7.13. The van der Waals surface area contributed by atoms with Gasteiger partial charge in [0.1, 0.15) is 0 Å². The van der Waals surface area contributed by atoms with Crippen LogP contribution in [0.3, 0.4) is 0 Å². The minimum atomic E-state index is -0.509. The number of anilines is 1. The first-order valence-corrected chi connectivity index (χ1v) is 11.7. The molecule has 0 radical (unpaired) electrons. The number of benzene rings is 2. The van der Waals surface area contributed by atoms with Crippen LogP contribution in [0.25, 0.3) is 0 Å². The van der Waals surface area contributed by atoms with E-state index in [0.29, 0.717) is 33.3 Å². The Morgan fingerprint density at radius 3 is 2.48 bits per heavy atom. The highest BCUT2D eigenvalue weighted by Crippen LogP contribution is 2.41. The summed E-state index contributed by atoms with van der Waals surface area (Å²) < 4.78 is 0. The van der Waals surface area contributed by atoms with Gasteiger partial charge in [0.25, 0.3) is 5.91 Å². The van der Waals surface area contributed by atoms with E-state index in [-0.39, 0.29) is 5.91 Å². The van der Waals surface area contributed by atoms with Gasteiger partial charge in [-0.05, 0) is 54.4 Å². The Morgan fingerprint density at radius 2 is 1.82 bits per heavy atom. The van der Waals surface area contributed by atoms with Crippen LogP contribution in [0.2, 0.25) is 5.02 Å². The lowest BCUT2D eigenvalue weighted by atomic mass is 9.82. The van der Waals surface area contributed by atoms with Crippen molar-refractivity contribution in [1.82, 2.24) is 10.3 Å². The summed E-state index contributed by atoms with van der Waals surface area (Å²) in [4.78, 5) is 17.5. The van der Waals surface area contributed by atoms with E-state index >= 15 is 0 Å². The average molecular weight is 473 g/mol. The number of thioether (sulfide) groups is 1. The first kappa shape index (κ1) is 22.7. The summed E-state index contributed by atoms with van der Waals surface area (Å²) in [5.41, 5.74) is 4.33. The summed E-state index contributed by atoms with van der Waals surface area (Å²) in [5, 5.41) is 17.7. The summed E-state index contributed by atoms with van der Waals surface area (Å²) in [6.07, 6.45) is 3.35. The molecule has 164 valence electrons. The molecule has 0 bridgehead atoms. The molecule has 2 aromatic carbocycles. The topological polar surface area (TPSA) is 77.8 Å². The third-order valence-electron chi connectivity index (χ3n) is 5.26. The molecule has 0 aliphatic carbocycles. The smallest absolute Gasteiger partial charge is 0.254 e. The van der Waals surface area contributed by atoms with Gasteiger partial charge in [-0.2, -0.15) is 5.26 Å². The fourth-order valence-corrected chi connectivity index (χ4v) is 4.85. The van der Waals surface area contributed by atoms with E-state index in [1.54, 1.807) is 48.4 Å². The molecule has 5 nitrogen and oxygen atoms in total. The van der Waals surface area contributed by atoms with E-state index in [4.69, 9.17) is 11.6 Å². The number of aromatic nitrogens is 1. The van der Waals surface area contributed by atoms with Gasteiger partial charge < -0.3 is 10.6 Å². The van der Waals surface area contributed by atoms with E-state index in [2.05, 4.69) is 33.8 Å². The number of carbonyl (C=O) groups excluding carboxylic acids is 1. The number of pyridine rings is 1. The van der Waals surface area contributed by atoms with Crippen LogP contribution in [0, 0.1) is 11.3 Å². The van der Waals surface area contributed by atoms with Crippen molar-refractivity contribution in [3.8, 4) is 6.07 Å². The van der Waals surface area contributed by atoms with E-state index < -0.39 is 5.92 Å². The third-order valence-corrected chi connectivity index (χ3v) is 6.60. The molecule has 2 heterocycles. The number of rotatable bonds is 6. The second-order valence-corrected chi connectivity index (χ2v) is 8.89. The van der Waals surface area contributed by atoms with Gasteiger partial charge in [-0.3, -0.25) is 9.78 Å². The minimum absolute atomic E-state index is 0.274. The van der Waals surface area contributed by atoms with Crippen molar-refractivity contribution in [1.29, 1.82) is 5.26 Å². The van der Waals surface area contributed by atoms with Crippen LogP contribution in [0.1, 0.15) is 24.0 Å². The van der Waals surface area contributed by atoms with E-state index in [0.717, 1.165) is 16.2 Å². The molecule has 0 spiro atoms. The van der Waals surface area contributed by atoms with Crippen molar-refractivity contribution in [3.05, 3.63) is 117 Å². The lowest BCUT2D eigenvalue weighted by molar-refractivity contribution is -0.113. The number of dihydropyridines is 1. The summed E-state index contributed by atoms with van der Waals surface area (Å²) in [6.45, 7) is 1.86. The molecule has 1 aliphatic heterocycles. The third kappa shape index (κ3) is 5.28. The number of carbonyl (C=O) groups is 1. The maximum Gasteiger partial charge on any atom is 0.254 e. The summed E-state index contributed by atoms with van der Waals surface area (Å²) in [7, 11) is 0. The van der Waals surface area contributed by atoms with Gasteiger partial charge >= 0.3 is 0 Å². The Labute approximate surface area is 202 Å². The second-order valence-electron chi connectivity index (χ2n) is 7.47. The van der Waals surface area contributed by atoms with Crippen molar-refractivity contribution in [3.63, 3.8) is 0 Å². The number of hydrogen-bond acceptors (Lipinski definition) is 5. The standard InChI is InChI=1S/C26H21ClN4OS/c1-17-23(25(32)31-21-9-7-20(27)8-10-21)24(19-11-13-29-14-12-19)22(15-28)26(30-17)33-16-18-5-3-2-4-6-18/h2-14,24,30H,16H2,1H3,(H,31,32). The van der Waals surface area contributed by atoms with Crippen molar-refractivity contribution >= 4 is 35.0 Å². The number of hydrogen-bond donors (Lipinski definition) is 2. The van der Waals surface area contributed by atoms with Crippen molar-refractivity contribution in [2.45, 2.75) is 18.6 Å². The molecule has 1 atom stereocenters. The lowest BCUT2D eigenvalue weighted by Gasteiger charge is -2.30. The summed E-state index contributed by atoms with van der Waals surface area (Å²) in [6, 6.07) is 23.0. The Bertz CT molecular complexity index is 1250. The molecular weight excluding hydrogens is 452 g/mol. The van der Waals surface area contributed by atoms with Gasteiger partial charge in [0.05, 0.1) is 22.6 Å². The van der Waals surface area contributed by atoms with Crippen LogP contribution >= 0.6 is 23.4 Å². The second kappa shape index (κ2) is 10.4. The van der Waals surface area contributed by atoms with Crippen LogP contribution in [0.5, 0.6) is 0 Å². The number of nitrogens with one attached hydrogen (secondary N) is 2. The minimum Gasteiger partial charge on any atom is -0.353 e. The maximum atomic E-state index is 13.4. The van der Waals surface area contributed by atoms with Gasteiger partial charge in [-0.1, -0.05) is 41.9 Å². The zero-order valence-electron chi connectivity index (χ0n) is 17.9. The summed E-state index contributed by atoms with van der Waals surface area (Å²) in [5.74, 6) is -0.0781. The number of halogens is 1. The fraction of sp³-hybridized carbons (Fsp3) is 0.115. The highest BCUT2D eigenvalue weighted by molar-refractivity contribution is 8.02. The predicted molar refractivity (Wildman–Crippen MR) is 133 cm³/mol. The first-order valence-electron chi connectivity index (χ1n) is 10.3.